The molecule has 3 aromatic rings. The van der Waals surface area contributed by atoms with Crippen LogP contribution in [-0.4, -0.2) is 25.8 Å². The molecular weight excluding hydrogens is 380 g/mol. The quantitative estimate of drug-likeness (QED) is 0.628. The van der Waals surface area contributed by atoms with Gasteiger partial charge in [-0.3, -0.25) is 15.1 Å². The second-order valence-corrected chi connectivity index (χ2v) is 7.12. The maximum atomic E-state index is 12.3. The Labute approximate surface area is 166 Å². The van der Waals surface area contributed by atoms with E-state index in [1.54, 1.807) is 25.1 Å². The predicted octanol–water partition coefficient (Wildman–Crippen LogP) is 2.73. The second kappa shape index (κ2) is 7.47. The zero-order valence-electron chi connectivity index (χ0n) is 15.3. The molecule has 0 aliphatic heterocycles. The number of halogens is 1. The number of aromatic nitrogens is 4. The van der Waals surface area contributed by atoms with Crippen molar-refractivity contribution in [2.45, 2.75) is 32.7 Å². The van der Waals surface area contributed by atoms with Crippen molar-refractivity contribution in [3.63, 3.8) is 0 Å². The van der Waals surface area contributed by atoms with Gasteiger partial charge >= 0.3 is 6.03 Å². The minimum absolute atomic E-state index is 0.149. The lowest BCUT2D eigenvalue weighted by Gasteiger charge is -2.10. The molecule has 8 nitrogen and oxygen atoms in total. The maximum Gasteiger partial charge on any atom is 0.320 e. The number of carbonyl (C=O) groups is 1. The summed E-state index contributed by atoms with van der Waals surface area (Å²) in [6.07, 6.45) is 2.44. The number of amides is 2. The van der Waals surface area contributed by atoms with E-state index in [1.807, 2.05) is 12.1 Å². The summed E-state index contributed by atoms with van der Waals surface area (Å²) in [5, 5.41) is 10.5. The average molecular weight is 399 g/mol. The SMILES string of the molecule is Cc1cc(NC(=O)NCc2ccc(Cl)cc2)n(-c2nc3c(c(=O)[nH]2)CCC3)n1. The van der Waals surface area contributed by atoms with E-state index in [4.69, 9.17) is 11.6 Å². The summed E-state index contributed by atoms with van der Waals surface area (Å²) >= 11 is 5.87. The maximum absolute atomic E-state index is 12.3. The Balaban J connectivity index is 1.52. The third-order valence-corrected chi connectivity index (χ3v) is 4.82. The van der Waals surface area contributed by atoms with Crippen LogP contribution >= 0.6 is 11.6 Å². The highest BCUT2D eigenvalue weighted by atomic mass is 35.5. The Bertz CT molecular complexity index is 1090. The zero-order valence-corrected chi connectivity index (χ0v) is 16.0. The van der Waals surface area contributed by atoms with E-state index in [9.17, 15) is 9.59 Å². The Hall–Kier alpha value is -3.13. The molecule has 144 valence electrons. The Morgan fingerprint density at radius 1 is 1.29 bits per heavy atom. The van der Waals surface area contributed by atoms with E-state index in [2.05, 4.69) is 25.7 Å². The first-order chi connectivity index (χ1) is 13.5. The number of hydrogen-bond donors (Lipinski definition) is 3. The van der Waals surface area contributed by atoms with Crippen LogP contribution < -0.4 is 16.2 Å². The van der Waals surface area contributed by atoms with Gasteiger partial charge in [0.05, 0.1) is 11.4 Å². The molecule has 0 atom stereocenters. The van der Waals surface area contributed by atoms with Gasteiger partial charge in [-0.15, -0.1) is 0 Å². The molecule has 2 amide bonds. The highest BCUT2D eigenvalue weighted by Gasteiger charge is 2.19. The normalized spacial score (nSPS) is 12.6. The Morgan fingerprint density at radius 3 is 2.86 bits per heavy atom. The fraction of sp³-hybridized carbons (Fsp3) is 0.263. The van der Waals surface area contributed by atoms with Crippen LogP contribution in [0.15, 0.2) is 35.1 Å². The van der Waals surface area contributed by atoms with Gasteiger partial charge in [0.1, 0.15) is 5.82 Å². The first kappa shape index (κ1) is 18.2. The number of hydrogen-bond acceptors (Lipinski definition) is 4. The van der Waals surface area contributed by atoms with Crippen molar-refractivity contribution in [3.05, 3.63) is 68.2 Å². The summed E-state index contributed by atoms with van der Waals surface area (Å²) in [5.74, 6) is 0.721. The minimum atomic E-state index is -0.389. The van der Waals surface area contributed by atoms with Gasteiger partial charge in [-0.2, -0.15) is 9.78 Å². The summed E-state index contributed by atoms with van der Waals surface area (Å²) in [4.78, 5) is 31.9. The average Bonchev–Trinajstić information content (AvgIpc) is 3.28. The molecule has 28 heavy (non-hydrogen) atoms. The van der Waals surface area contributed by atoms with Crippen LogP contribution in [0.4, 0.5) is 10.6 Å². The number of benzene rings is 1. The minimum Gasteiger partial charge on any atom is -0.334 e. The van der Waals surface area contributed by atoms with Crippen molar-refractivity contribution >= 4 is 23.4 Å². The van der Waals surface area contributed by atoms with Crippen molar-refractivity contribution in [3.8, 4) is 5.95 Å². The van der Waals surface area contributed by atoms with Crippen LogP contribution in [0.5, 0.6) is 0 Å². The molecular formula is C19H19ClN6O2. The largest absolute Gasteiger partial charge is 0.334 e. The van der Waals surface area contributed by atoms with Crippen LogP contribution in [0, 0.1) is 6.92 Å². The van der Waals surface area contributed by atoms with E-state index < -0.39 is 0 Å². The summed E-state index contributed by atoms with van der Waals surface area (Å²) in [5.41, 5.74) is 3.00. The predicted molar refractivity (Wildman–Crippen MR) is 106 cm³/mol. The molecule has 2 heterocycles. The van der Waals surface area contributed by atoms with Gasteiger partial charge in [0.25, 0.3) is 5.56 Å². The lowest BCUT2D eigenvalue weighted by molar-refractivity contribution is 0.251. The molecule has 0 spiro atoms. The van der Waals surface area contributed by atoms with Gasteiger partial charge in [0, 0.05) is 23.2 Å². The molecule has 2 aromatic heterocycles. The third kappa shape index (κ3) is 3.77. The van der Waals surface area contributed by atoms with Crippen molar-refractivity contribution < 1.29 is 4.79 Å². The standard InChI is InChI=1S/C19H19ClN6O2/c1-11-9-16(23-19(28)21-10-12-5-7-13(20)8-6-12)26(25-11)18-22-15-4-2-3-14(15)17(27)24-18/h5-9H,2-4,10H2,1H3,(H2,21,23,28)(H,22,24,27). The van der Waals surface area contributed by atoms with E-state index in [-0.39, 0.29) is 11.6 Å². The van der Waals surface area contributed by atoms with Crippen molar-refractivity contribution in [2.75, 3.05) is 5.32 Å². The van der Waals surface area contributed by atoms with Gasteiger partial charge in [-0.1, -0.05) is 23.7 Å². The number of aromatic amines is 1. The van der Waals surface area contributed by atoms with Gasteiger partial charge in [0.15, 0.2) is 0 Å². The van der Waals surface area contributed by atoms with E-state index in [1.165, 1.54) is 4.68 Å². The number of anilines is 1. The summed E-state index contributed by atoms with van der Waals surface area (Å²) in [6, 6.07) is 8.55. The lowest BCUT2D eigenvalue weighted by atomic mass is 10.2. The number of aryl methyl sites for hydroxylation is 2. The zero-order chi connectivity index (χ0) is 19.7. The first-order valence-electron chi connectivity index (χ1n) is 8.98. The summed E-state index contributed by atoms with van der Waals surface area (Å²) in [7, 11) is 0. The number of rotatable bonds is 4. The summed E-state index contributed by atoms with van der Waals surface area (Å²) in [6.45, 7) is 2.16. The van der Waals surface area contributed by atoms with Crippen LogP contribution in [0.1, 0.15) is 28.9 Å². The number of carbonyl (C=O) groups excluding carboxylic acids is 1. The number of urea groups is 1. The first-order valence-corrected chi connectivity index (χ1v) is 9.36. The van der Waals surface area contributed by atoms with Crippen LogP contribution in [-0.2, 0) is 19.4 Å². The van der Waals surface area contributed by atoms with Gasteiger partial charge < -0.3 is 5.32 Å². The van der Waals surface area contributed by atoms with E-state index in [0.717, 1.165) is 36.1 Å². The smallest absolute Gasteiger partial charge is 0.320 e. The van der Waals surface area contributed by atoms with Crippen LogP contribution in [0.25, 0.3) is 5.95 Å². The Kier molecular flexibility index (Phi) is 4.87. The molecule has 0 saturated carbocycles. The molecule has 1 aliphatic rings. The van der Waals surface area contributed by atoms with Crippen molar-refractivity contribution in [2.24, 2.45) is 0 Å². The fourth-order valence-electron chi connectivity index (χ4n) is 3.22. The second-order valence-electron chi connectivity index (χ2n) is 6.69. The molecule has 0 bridgehead atoms. The van der Waals surface area contributed by atoms with Gasteiger partial charge in [-0.25, -0.2) is 9.78 Å². The molecule has 0 saturated heterocycles. The van der Waals surface area contributed by atoms with Crippen LogP contribution in [0.2, 0.25) is 5.02 Å². The number of fused-ring (bicyclic) bond motifs is 1. The molecule has 1 aromatic carbocycles. The van der Waals surface area contributed by atoms with E-state index >= 15 is 0 Å². The molecule has 9 heteroatoms. The third-order valence-electron chi connectivity index (χ3n) is 4.57. The van der Waals surface area contributed by atoms with Crippen molar-refractivity contribution in [1.82, 2.24) is 25.1 Å². The summed E-state index contributed by atoms with van der Waals surface area (Å²) < 4.78 is 1.44. The number of nitrogens with zero attached hydrogens (tertiary/aromatic N) is 3. The monoisotopic (exact) mass is 398 g/mol. The van der Waals surface area contributed by atoms with Gasteiger partial charge in [0.2, 0.25) is 5.95 Å². The van der Waals surface area contributed by atoms with Crippen LogP contribution in [0.3, 0.4) is 0 Å². The topological polar surface area (TPSA) is 105 Å². The highest BCUT2D eigenvalue weighted by Crippen LogP contribution is 2.19. The van der Waals surface area contributed by atoms with Gasteiger partial charge in [-0.05, 0) is 43.9 Å². The molecule has 4 rings (SSSR count). The Morgan fingerprint density at radius 2 is 2.07 bits per heavy atom. The lowest BCUT2D eigenvalue weighted by Crippen LogP contribution is -2.29. The molecule has 0 fully saturated rings. The fourth-order valence-corrected chi connectivity index (χ4v) is 3.35. The van der Waals surface area contributed by atoms with E-state index in [0.29, 0.717) is 29.0 Å². The highest BCUT2D eigenvalue weighted by molar-refractivity contribution is 6.30. The number of H-pyrrole nitrogens is 1. The molecule has 3 N–H and O–H groups in total. The molecule has 0 radical (unpaired) electrons. The van der Waals surface area contributed by atoms with Crippen molar-refractivity contribution in [1.29, 1.82) is 0 Å². The number of nitrogens with one attached hydrogen (secondary N) is 3. The molecule has 0 unspecified atom stereocenters. The molecule has 1 aliphatic carbocycles.